The summed E-state index contributed by atoms with van der Waals surface area (Å²) in [5, 5.41) is 21.4. The van der Waals surface area contributed by atoms with Gasteiger partial charge in [-0.05, 0) is 91.8 Å². The molecule has 0 saturated heterocycles. The van der Waals surface area contributed by atoms with Crippen LogP contribution in [0.15, 0.2) is 0 Å². The summed E-state index contributed by atoms with van der Waals surface area (Å²) in [5.41, 5.74) is 0.0332. The van der Waals surface area contributed by atoms with Gasteiger partial charge in [-0.25, -0.2) is 0 Å². The molecule has 4 rings (SSSR count). The fourth-order valence-corrected chi connectivity index (χ4v) is 8.62. The van der Waals surface area contributed by atoms with E-state index in [2.05, 4.69) is 20.8 Å². The molecule has 170 valence electrons. The van der Waals surface area contributed by atoms with Crippen molar-refractivity contribution in [3.63, 3.8) is 0 Å². The van der Waals surface area contributed by atoms with Gasteiger partial charge in [-0.3, -0.25) is 9.59 Å². The van der Waals surface area contributed by atoms with E-state index in [0.29, 0.717) is 36.5 Å². The minimum atomic E-state index is -0.882. The molecule has 4 aliphatic carbocycles. The van der Waals surface area contributed by atoms with Crippen molar-refractivity contribution in [3.8, 4) is 0 Å². The third-order valence-corrected chi connectivity index (χ3v) is 10.3. The number of carbonyl (C=O) groups is 2. The first kappa shape index (κ1) is 22.3. The summed E-state index contributed by atoms with van der Waals surface area (Å²) in [6.45, 7) is 6.91. The zero-order chi connectivity index (χ0) is 21.8. The zero-order valence-corrected chi connectivity index (χ0v) is 19.1. The molecular weight excluding hydrogens is 380 g/mol. The maximum absolute atomic E-state index is 13.3. The number of ether oxygens (including phenoxy) is 1. The van der Waals surface area contributed by atoms with E-state index in [0.717, 1.165) is 44.9 Å². The van der Waals surface area contributed by atoms with Crippen LogP contribution in [-0.4, -0.2) is 41.3 Å². The van der Waals surface area contributed by atoms with Crippen molar-refractivity contribution in [1.29, 1.82) is 0 Å². The van der Waals surface area contributed by atoms with Crippen molar-refractivity contribution in [3.05, 3.63) is 0 Å². The first-order chi connectivity index (χ1) is 14.1. The number of aliphatic hydroxyl groups is 2. The molecule has 4 saturated carbocycles. The average molecular weight is 421 g/mol. The lowest BCUT2D eigenvalue weighted by Gasteiger charge is -2.61. The number of esters is 1. The summed E-state index contributed by atoms with van der Waals surface area (Å²) in [6, 6.07) is 0. The minimum absolute atomic E-state index is 0.0102. The van der Waals surface area contributed by atoms with Gasteiger partial charge in [0.05, 0.1) is 13.2 Å². The quantitative estimate of drug-likeness (QED) is 0.677. The molecule has 0 aromatic rings. The van der Waals surface area contributed by atoms with E-state index >= 15 is 0 Å². The van der Waals surface area contributed by atoms with E-state index in [1.807, 2.05) is 0 Å². The van der Waals surface area contributed by atoms with Crippen molar-refractivity contribution in [2.24, 2.45) is 46.3 Å². The Kier molecular flexibility index (Phi) is 5.85. The van der Waals surface area contributed by atoms with Gasteiger partial charge in [0.2, 0.25) is 0 Å². The number of carbonyl (C=O) groups excluding carboxylic acids is 2. The summed E-state index contributed by atoms with van der Waals surface area (Å²) < 4.78 is 4.83. The number of hydrogen-bond donors (Lipinski definition) is 2. The number of ketones is 1. The van der Waals surface area contributed by atoms with Gasteiger partial charge >= 0.3 is 5.97 Å². The maximum Gasteiger partial charge on any atom is 0.305 e. The highest BCUT2D eigenvalue weighted by atomic mass is 16.5. The second-order valence-electron chi connectivity index (χ2n) is 11.4. The topological polar surface area (TPSA) is 83.8 Å². The highest BCUT2D eigenvalue weighted by Gasteiger charge is 2.65. The Morgan fingerprint density at radius 2 is 1.77 bits per heavy atom. The molecule has 5 heteroatoms. The molecule has 0 aliphatic heterocycles. The fraction of sp³-hybridized carbons (Fsp3) is 0.920. The second kappa shape index (κ2) is 7.88. The second-order valence-corrected chi connectivity index (χ2v) is 11.4. The summed E-state index contributed by atoms with van der Waals surface area (Å²) >= 11 is 0. The van der Waals surface area contributed by atoms with Crippen molar-refractivity contribution in [1.82, 2.24) is 0 Å². The monoisotopic (exact) mass is 420 g/mol. The Morgan fingerprint density at radius 1 is 1.10 bits per heavy atom. The van der Waals surface area contributed by atoms with Crippen LogP contribution >= 0.6 is 0 Å². The maximum atomic E-state index is 13.3. The Hall–Kier alpha value is -0.940. The van der Waals surface area contributed by atoms with Gasteiger partial charge in [-0.2, -0.15) is 0 Å². The molecule has 5 nitrogen and oxygen atoms in total. The molecule has 0 aromatic heterocycles. The van der Waals surface area contributed by atoms with Crippen LogP contribution in [0.3, 0.4) is 0 Å². The Morgan fingerprint density at radius 3 is 2.47 bits per heavy atom. The fourth-order valence-electron chi connectivity index (χ4n) is 8.62. The summed E-state index contributed by atoms with van der Waals surface area (Å²) in [5.74, 6) is 1.38. The number of hydrogen-bond acceptors (Lipinski definition) is 5. The Bertz CT molecular complexity index is 691. The lowest BCUT2D eigenvalue weighted by molar-refractivity contribution is -0.184. The van der Waals surface area contributed by atoms with E-state index in [1.54, 1.807) is 0 Å². The molecular formula is C25H40O5. The largest absolute Gasteiger partial charge is 0.469 e. The first-order valence-electron chi connectivity index (χ1n) is 12.1. The van der Waals surface area contributed by atoms with E-state index in [9.17, 15) is 19.8 Å². The van der Waals surface area contributed by atoms with Crippen LogP contribution in [0.5, 0.6) is 0 Å². The lowest BCUT2D eigenvalue weighted by Crippen LogP contribution is -2.62. The molecule has 0 spiro atoms. The van der Waals surface area contributed by atoms with Crippen molar-refractivity contribution < 1.29 is 24.5 Å². The summed E-state index contributed by atoms with van der Waals surface area (Å²) in [6.07, 6.45) is 6.58. The van der Waals surface area contributed by atoms with Crippen molar-refractivity contribution in [2.75, 3.05) is 7.11 Å². The molecule has 0 heterocycles. The number of rotatable bonds is 4. The number of methoxy groups -OCH3 is 1. The molecule has 10 atom stereocenters. The lowest BCUT2D eigenvalue weighted by atomic mass is 9.43. The van der Waals surface area contributed by atoms with Crippen molar-refractivity contribution >= 4 is 11.8 Å². The third-order valence-electron chi connectivity index (χ3n) is 10.3. The molecule has 0 amide bonds. The van der Waals surface area contributed by atoms with Crippen LogP contribution < -0.4 is 0 Å². The van der Waals surface area contributed by atoms with Crippen LogP contribution in [0.25, 0.3) is 0 Å². The summed E-state index contributed by atoms with van der Waals surface area (Å²) in [7, 11) is 1.45. The summed E-state index contributed by atoms with van der Waals surface area (Å²) in [4.78, 5) is 24.9. The minimum Gasteiger partial charge on any atom is -0.469 e. The Balaban J connectivity index is 1.57. The van der Waals surface area contributed by atoms with Crippen molar-refractivity contribution in [2.45, 2.75) is 90.8 Å². The van der Waals surface area contributed by atoms with E-state index in [4.69, 9.17) is 4.74 Å². The molecule has 4 fully saturated rings. The van der Waals surface area contributed by atoms with Crippen LogP contribution in [0.1, 0.15) is 78.6 Å². The normalized spacial score (nSPS) is 49.0. The number of fused-ring (bicyclic) bond motifs is 5. The average Bonchev–Trinajstić information content (AvgIpc) is 3.08. The van der Waals surface area contributed by atoms with Crippen LogP contribution in [-0.2, 0) is 14.3 Å². The predicted molar refractivity (Wildman–Crippen MR) is 113 cm³/mol. The molecule has 30 heavy (non-hydrogen) atoms. The molecule has 0 radical (unpaired) electrons. The SMILES string of the molecule is COC(=O)CC[C@@H](C)[C@H]1CC[C@H]2[C@@H]3[C@H](O)C(=O)[C@H]4C[C@H](O)CC[C@]4(C)[C@H]3CC[C@]12C. The third kappa shape index (κ3) is 3.26. The zero-order valence-electron chi connectivity index (χ0n) is 19.1. The van der Waals surface area contributed by atoms with Gasteiger partial charge in [0, 0.05) is 12.3 Å². The smallest absolute Gasteiger partial charge is 0.305 e. The first-order valence-corrected chi connectivity index (χ1v) is 12.1. The van der Waals surface area contributed by atoms with Gasteiger partial charge in [0.25, 0.3) is 0 Å². The van der Waals surface area contributed by atoms with Crippen LogP contribution in [0.2, 0.25) is 0 Å². The van der Waals surface area contributed by atoms with E-state index < -0.39 is 12.2 Å². The molecule has 0 bridgehead atoms. The highest BCUT2D eigenvalue weighted by molar-refractivity contribution is 5.87. The van der Waals surface area contributed by atoms with Gasteiger partial charge < -0.3 is 14.9 Å². The standard InChI is InChI=1S/C25H40O5/c1-14(5-8-20(27)30-4)16-6-7-17-21-18(10-12-24(16,17)2)25(3)11-9-15(26)13-19(25)22(28)23(21)29/h14-19,21,23,26,29H,5-13H2,1-4H3/t14-,15-,16-,17+,18+,19-,21+,23+,24-,25-/m1/s1. The Labute approximate surface area is 180 Å². The molecule has 4 aliphatic rings. The molecule has 0 unspecified atom stereocenters. The molecule has 0 aromatic carbocycles. The van der Waals surface area contributed by atoms with Gasteiger partial charge in [-0.15, -0.1) is 0 Å². The number of aliphatic hydroxyl groups excluding tert-OH is 2. The highest BCUT2D eigenvalue weighted by Crippen LogP contribution is 2.67. The molecule has 2 N–H and O–H groups in total. The van der Waals surface area contributed by atoms with Crippen LogP contribution in [0.4, 0.5) is 0 Å². The van der Waals surface area contributed by atoms with Gasteiger partial charge in [0.15, 0.2) is 5.78 Å². The van der Waals surface area contributed by atoms with Gasteiger partial charge in [0.1, 0.15) is 6.10 Å². The van der Waals surface area contributed by atoms with E-state index in [-0.39, 0.29) is 34.4 Å². The number of Topliss-reactive ketones (excluding diaryl/α,β-unsaturated/α-hetero) is 1. The predicted octanol–water partition coefficient (Wildman–Crippen LogP) is 3.75. The van der Waals surface area contributed by atoms with E-state index in [1.165, 1.54) is 7.11 Å². The van der Waals surface area contributed by atoms with Gasteiger partial charge in [-0.1, -0.05) is 20.8 Å². The van der Waals surface area contributed by atoms with Crippen LogP contribution in [0, 0.1) is 46.3 Å².